The van der Waals surface area contributed by atoms with E-state index in [1.807, 2.05) is 6.92 Å². The Balaban J connectivity index is 1.54. The molecule has 0 aromatic heterocycles. The molecule has 4 heterocycles. The molecule has 4 aliphatic heterocycles. The van der Waals surface area contributed by atoms with Gasteiger partial charge in [-0.25, -0.2) is 14.4 Å². The summed E-state index contributed by atoms with van der Waals surface area (Å²) in [4.78, 5) is 64.2. The van der Waals surface area contributed by atoms with Gasteiger partial charge in [-0.2, -0.15) is 0 Å². The second-order valence-electron chi connectivity index (χ2n) is 9.17. The van der Waals surface area contributed by atoms with Crippen molar-refractivity contribution in [3.63, 3.8) is 0 Å². The van der Waals surface area contributed by atoms with Gasteiger partial charge in [0.1, 0.15) is 18.3 Å². The fourth-order valence-electron chi connectivity index (χ4n) is 5.37. The quantitative estimate of drug-likeness (QED) is 0.204. The van der Waals surface area contributed by atoms with E-state index in [9.17, 15) is 34.2 Å². The summed E-state index contributed by atoms with van der Waals surface area (Å²) in [7, 11) is 0. The molecular formula is C22H28N4O8S. The smallest absolute Gasteiger partial charge is 0.410 e. The number of ether oxygens (including phenoxy) is 1. The second-order valence-corrected chi connectivity index (χ2v) is 10.5. The Labute approximate surface area is 205 Å². The van der Waals surface area contributed by atoms with Crippen molar-refractivity contribution in [2.24, 2.45) is 11.8 Å². The number of carboxylic acids is 1. The fourth-order valence-corrected chi connectivity index (χ4v) is 6.94. The van der Waals surface area contributed by atoms with Crippen molar-refractivity contribution in [3.8, 4) is 0 Å². The molecule has 12 nitrogen and oxygen atoms in total. The molecule has 0 aromatic rings. The number of aliphatic carboxylic acids is 1. The molecule has 0 aliphatic carbocycles. The maximum atomic E-state index is 12.7. The number of fused-ring (bicyclic) bond motifs is 1. The number of thioether (sulfide) groups is 1. The number of hydrogen-bond donors (Lipinski definition) is 4. The van der Waals surface area contributed by atoms with E-state index in [0.717, 1.165) is 0 Å². The summed E-state index contributed by atoms with van der Waals surface area (Å²) in [5, 5.41) is 24.4. The predicted octanol–water partition coefficient (Wildman–Crippen LogP) is 0.237. The maximum Gasteiger partial charge on any atom is 0.410 e. The highest BCUT2D eigenvalue weighted by Crippen LogP contribution is 2.52. The number of aliphatic hydroxyl groups excluding tert-OH is 1. The van der Waals surface area contributed by atoms with Crippen LogP contribution in [0.4, 0.5) is 9.59 Å². The predicted molar refractivity (Wildman–Crippen MR) is 123 cm³/mol. The van der Waals surface area contributed by atoms with E-state index in [4.69, 9.17) is 4.74 Å². The Morgan fingerprint density at radius 3 is 2.63 bits per heavy atom. The van der Waals surface area contributed by atoms with Gasteiger partial charge in [0.2, 0.25) is 5.91 Å². The first-order valence-corrected chi connectivity index (χ1v) is 12.2. The van der Waals surface area contributed by atoms with Crippen molar-refractivity contribution in [3.05, 3.63) is 23.3 Å². The average molecular weight is 509 g/mol. The van der Waals surface area contributed by atoms with E-state index in [-0.39, 0.29) is 36.4 Å². The minimum atomic E-state index is -1.22. The van der Waals surface area contributed by atoms with Crippen LogP contribution in [-0.4, -0.2) is 92.6 Å². The normalized spacial score (nSPS) is 32.7. The first-order valence-electron chi connectivity index (χ1n) is 11.4. The number of nitrogens with one attached hydrogen (secondary N) is 2. The van der Waals surface area contributed by atoms with Gasteiger partial charge in [-0.05, 0) is 19.8 Å². The largest absolute Gasteiger partial charge is 0.477 e. The van der Waals surface area contributed by atoms with E-state index in [0.29, 0.717) is 11.3 Å². The van der Waals surface area contributed by atoms with Gasteiger partial charge in [-0.3, -0.25) is 14.9 Å². The van der Waals surface area contributed by atoms with Crippen LogP contribution in [0.3, 0.4) is 0 Å². The lowest BCUT2D eigenvalue weighted by Gasteiger charge is -2.46. The number of amides is 5. The number of hydrogen-bond acceptors (Lipinski definition) is 8. The van der Waals surface area contributed by atoms with Crippen molar-refractivity contribution in [1.82, 2.24) is 20.4 Å². The summed E-state index contributed by atoms with van der Waals surface area (Å²) >= 11 is 1.30. The Kier molecular flexibility index (Phi) is 6.82. The highest BCUT2D eigenvalue weighted by atomic mass is 32.2. The number of urea groups is 1. The average Bonchev–Trinajstić information content (AvgIpc) is 3.39. The van der Waals surface area contributed by atoms with Gasteiger partial charge in [0.15, 0.2) is 0 Å². The first kappa shape index (κ1) is 25.0. The molecule has 0 aromatic carbocycles. The molecule has 190 valence electrons. The molecule has 7 atom stereocenters. The molecule has 4 rings (SSSR count). The van der Waals surface area contributed by atoms with Crippen LogP contribution in [-0.2, 0) is 19.1 Å². The Hall–Kier alpha value is -3.06. The fraction of sp³-hybridized carbons (Fsp3) is 0.591. The lowest BCUT2D eigenvalue weighted by atomic mass is 9.79. The molecule has 3 fully saturated rings. The summed E-state index contributed by atoms with van der Waals surface area (Å²) < 4.78 is 5.20. The Morgan fingerprint density at radius 1 is 1.34 bits per heavy atom. The number of likely N-dealkylation sites (tertiary alicyclic amines) is 1. The van der Waals surface area contributed by atoms with Gasteiger partial charge in [0.25, 0.3) is 5.91 Å². The number of carbonyl (C=O) groups excluding carboxylic acids is 4. The number of β-lactam (4-membered cyclic amide) rings is 1. The van der Waals surface area contributed by atoms with Crippen molar-refractivity contribution in [1.29, 1.82) is 0 Å². The number of aliphatic hydroxyl groups is 1. The molecule has 1 unspecified atom stereocenters. The van der Waals surface area contributed by atoms with E-state index >= 15 is 0 Å². The van der Waals surface area contributed by atoms with Crippen LogP contribution in [0.1, 0.15) is 26.7 Å². The van der Waals surface area contributed by atoms with Gasteiger partial charge in [0.05, 0.1) is 18.1 Å². The molecule has 0 radical (unpaired) electrons. The standard InChI is InChI=1S/C22H28N4O8S/c1-4-5-34-22(33)25-8-12(6-11(25)7-13-18(28)24-21(32)23-13)35-17-9(2)15-14(10(3)27)19(29)26(15)16(17)20(30)31/h4,9-15,27H,1,5-8H2,2-3H3,(H,30,31)(H2,23,24,28,32)/t9-,10-,11+,12+,13?,14-,15-/m1/s1. The van der Waals surface area contributed by atoms with E-state index in [1.165, 1.54) is 34.6 Å². The highest BCUT2D eigenvalue weighted by Gasteiger charge is 2.60. The van der Waals surface area contributed by atoms with Crippen LogP contribution < -0.4 is 10.6 Å². The van der Waals surface area contributed by atoms with Gasteiger partial charge >= 0.3 is 18.1 Å². The lowest BCUT2D eigenvalue weighted by Crippen LogP contribution is -2.63. The third-order valence-corrected chi connectivity index (χ3v) is 8.40. The SMILES string of the molecule is C=CCOC(=O)N1C[C@@H](SC2=C(C(=O)O)N3C(=O)[C@H]([C@@H](C)O)[C@H]3[C@H]2C)C[C@H]1CC1NC(=O)NC1=O. The molecule has 13 heteroatoms. The minimum absolute atomic E-state index is 0.00530. The molecule has 4 aliphatic rings. The first-order chi connectivity index (χ1) is 16.5. The number of nitrogens with zero attached hydrogens (tertiary/aromatic N) is 2. The van der Waals surface area contributed by atoms with E-state index in [2.05, 4.69) is 17.2 Å². The summed E-state index contributed by atoms with van der Waals surface area (Å²) in [6.45, 7) is 7.12. The van der Waals surface area contributed by atoms with Gasteiger partial charge in [-0.15, -0.1) is 11.8 Å². The van der Waals surface area contributed by atoms with Crippen LogP contribution in [0, 0.1) is 11.8 Å². The lowest BCUT2D eigenvalue weighted by molar-refractivity contribution is -0.163. The molecule has 4 N–H and O–H groups in total. The maximum absolute atomic E-state index is 12.7. The van der Waals surface area contributed by atoms with E-state index < -0.39 is 60.1 Å². The zero-order valence-corrected chi connectivity index (χ0v) is 20.1. The molecule has 5 amide bonds. The Bertz CT molecular complexity index is 1010. The van der Waals surface area contributed by atoms with Crippen molar-refractivity contribution < 1.29 is 38.9 Å². The number of carbonyl (C=O) groups is 5. The zero-order chi connectivity index (χ0) is 25.6. The number of rotatable bonds is 8. The zero-order valence-electron chi connectivity index (χ0n) is 19.3. The molecule has 0 bridgehead atoms. The molecule has 0 spiro atoms. The van der Waals surface area contributed by atoms with Gasteiger partial charge < -0.3 is 30.1 Å². The topological polar surface area (TPSA) is 166 Å². The summed E-state index contributed by atoms with van der Waals surface area (Å²) in [6, 6.07) is -2.26. The summed E-state index contributed by atoms with van der Waals surface area (Å²) in [5.41, 5.74) is -0.0823. The highest BCUT2D eigenvalue weighted by molar-refractivity contribution is 8.03. The van der Waals surface area contributed by atoms with E-state index in [1.54, 1.807) is 0 Å². The van der Waals surface area contributed by atoms with Crippen molar-refractivity contribution >= 4 is 41.7 Å². The van der Waals surface area contributed by atoms with Crippen LogP contribution in [0.25, 0.3) is 0 Å². The Morgan fingerprint density at radius 2 is 2.06 bits per heavy atom. The van der Waals surface area contributed by atoms with Gasteiger partial charge in [0, 0.05) is 28.7 Å². The second kappa shape index (κ2) is 9.53. The third-order valence-electron chi connectivity index (χ3n) is 6.91. The molecule has 0 saturated carbocycles. The van der Waals surface area contributed by atoms with Crippen LogP contribution in [0.5, 0.6) is 0 Å². The molecule has 3 saturated heterocycles. The number of carboxylic acid groups (broad SMARTS) is 1. The monoisotopic (exact) mass is 508 g/mol. The number of imide groups is 1. The summed E-state index contributed by atoms with van der Waals surface area (Å²) in [6.07, 6.45) is 0.543. The van der Waals surface area contributed by atoms with Crippen molar-refractivity contribution in [2.45, 2.75) is 56.2 Å². The van der Waals surface area contributed by atoms with Crippen LogP contribution in [0.2, 0.25) is 0 Å². The molecular weight excluding hydrogens is 480 g/mol. The third kappa shape index (κ3) is 4.38. The molecule has 35 heavy (non-hydrogen) atoms. The summed E-state index contributed by atoms with van der Waals surface area (Å²) in [5.74, 6) is -3.07. The van der Waals surface area contributed by atoms with Crippen LogP contribution in [0.15, 0.2) is 23.3 Å². The minimum Gasteiger partial charge on any atom is -0.477 e. The van der Waals surface area contributed by atoms with Crippen molar-refractivity contribution in [2.75, 3.05) is 13.2 Å². The van der Waals surface area contributed by atoms with Gasteiger partial charge in [-0.1, -0.05) is 19.6 Å². The van der Waals surface area contributed by atoms with Crippen LogP contribution >= 0.6 is 11.8 Å².